The van der Waals surface area contributed by atoms with Crippen LogP contribution in [0.3, 0.4) is 0 Å². The topological polar surface area (TPSA) is 63.9 Å². The molecule has 1 fully saturated rings. The maximum absolute atomic E-state index is 12.5. The Hall–Kier alpha value is -3.06. The van der Waals surface area contributed by atoms with Gasteiger partial charge >= 0.3 is 6.09 Å². The van der Waals surface area contributed by atoms with Gasteiger partial charge in [-0.2, -0.15) is 0 Å². The number of hydrogen-bond donors (Lipinski definition) is 0. The van der Waals surface area contributed by atoms with E-state index in [1.54, 1.807) is 24.0 Å². The van der Waals surface area contributed by atoms with E-state index in [0.29, 0.717) is 13.0 Å². The summed E-state index contributed by atoms with van der Waals surface area (Å²) in [6.45, 7) is 0.378. The predicted octanol–water partition coefficient (Wildman–Crippen LogP) is 4.70. The molecule has 30 heavy (non-hydrogen) atoms. The Labute approximate surface area is 179 Å². The van der Waals surface area contributed by atoms with Crippen LogP contribution in [0.5, 0.6) is 0 Å². The van der Waals surface area contributed by atoms with Gasteiger partial charge in [-0.3, -0.25) is 9.20 Å². The fraction of sp³-hybridized carbons (Fsp3) is 0.261. The number of fused-ring (bicyclic) bond motifs is 1. The first kappa shape index (κ1) is 20.2. The number of imidazole rings is 1. The zero-order valence-electron chi connectivity index (χ0n) is 16.6. The summed E-state index contributed by atoms with van der Waals surface area (Å²) in [7, 11) is 0. The Morgan fingerprint density at radius 2 is 1.90 bits per heavy atom. The van der Waals surface area contributed by atoms with Gasteiger partial charge in [-0.05, 0) is 55.2 Å². The van der Waals surface area contributed by atoms with Crippen LogP contribution in [0.25, 0.3) is 5.65 Å². The second-order valence-electron chi connectivity index (χ2n) is 6.99. The number of hydrogen-bond acceptors (Lipinski definition) is 5. The molecule has 0 atom stereocenters. The zero-order chi connectivity index (χ0) is 20.8. The fourth-order valence-electron chi connectivity index (χ4n) is 3.33. The number of amides is 2. The van der Waals surface area contributed by atoms with Crippen LogP contribution < -0.4 is 0 Å². The molecule has 0 saturated carbocycles. The Balaban J connectivity index is 1.22. The van der Waals surface area contributed by atoms with Crippen LogP contribution in [0.4, 0.5) is 4.79 Å². The quantitative estimate of drug-likeness (QED) is 0.285. The molecule has 2 amide bonds. The van der Waals surface area contributed by atoms with Crippen molar-refractivity contribution < 1.29 is 14.3 Å². The summed E-state index contributed by atoms with van der Waals surface area (Å²) >= 11 is 1.74. The largest absolute Gasteiger partial charge is 0.422 e. The van der Waals surface area contributed by atoms with Crippen LogP contribution in [-0.4, -0.2) is 38.6 Å². The summed E-state index contributed by atoms with van der Waals surface area (Å²) in [4.78, 5) is 30.0. The SMILES string of the molecule is O=C1OC(=CCCc2ccccc2)C(=O)N1CCCCSc1cccc2nccn12. The number of rotatable bonds is 9. The van der Waals surface area contributed by atoms with Gasteiger partial charge in [0.05, 0.1) is 5.03 Å². The van der Waals surface area contributed by atoms with Gasteiger partial charge in [0.15, 0.2) is 5.76 Å². The Morgan fingerprint density at radius 3 is 2.77 bits per heavy atom. The second-order valence-corrected chi connectivity index (χ2v) is 8.11. The normalized spacial score (nSPS) is 15.3. The van der Waals surface area contributed by atoms with Gasteiger partial charge in [0.2, 0.25) is 0 Å². The van der Waals surface area contributed by atoms with Crippen molar-refractivity contribution in [3.05, 3.63) is 78.3 Å². The van der Waals surface area contributed by atoms with Crippen LogP contribution >= 0.6 is 11.8 Å². The van der Waals surface area contributed by atoms with E-state index in [-0.39, 0.29) is 11.7 Å². The fourth-order valence-corrected chi connectivity index (χ4v) is 4.36. The molecule has 0 spiro atoms. The molecule has 6 nitrogen and oxygen atoms in total. The molecule has 7 heteroatoms. The molecule has 0 radical (unpaired) electrons. The molecule has 2 aromatic heterocycles. The standard InChI is InChI=1S/C23H23N3O3S/c27-22-19(11-6-10-18-8-2-1-3-9-18)29-23(28)26(22)15-4-5-17-30-21-13-7-12-20-24-14-16-25(20)21/h1-3,7-9,11-14,16H,4-6,10,15,17H2. The number of benzene rings is 1. The lowest BCUT2D eigenvalue weighted by Crippen LogP contribution is -2.29. The van der Waals surface area contributed by atoms with Gasteiger partial charge in [-0.25, -0.2) is 14.7 Å². The predicted molar refractivity (Wildman–Crippen MR) is 116 cm³/mol. The van der Waals surface area contributed by atoms with E-state index in [9.17, 15) is 9.59 Å². The highest BCUT2D eigenvalue weighted by Gasteiger charge is 2.35. The van der Waals surface area contributed by atoms with Gasteiger partial charge in [-0.15, -0.1) is 11.8 Å². The van der Waals surface area contributed by atoms with Gasteiger partial charge in [0.25, 0.3) is 5.91 Å². The van der Waals surface area contributed by atoms with Gasteiger partial charge in [0, 0.05) is 18.9 Å². The molecule has 1 aliphatic rings. The average Bonchev–Trinajstić information content (AvgIpc) is 3.34. The molecule has 0 unspecified atom stereocenters. The molecular formula is C23H23N3O3S. The molecule has 1 aromatic carbocycles. The van der Waals surface area contributed by atoms with Crippen LogP contribution in [0, 0.1) is 0 Å². The summed E-state index contributed by atoms with van der Waals surface area (Å²) in [5.74, 6) is 0.717. The lowest BCUT2D eigenvalue weighted by atomic mass is 10.1. The molecule has 3 aromatic rings. The molecule has 1 saturated heterocycles. The van der Waals surface area contributed by atoms with Crippen molar-refractivity contribution in [1.29, 1.82) is 0 Å². The Morgan fingerprint density at radius 1 is 1.03 bits per heavy atom. The lowest BCUT2D eigenvalue weighted by molar-refractivity contribution is -0.123. The Kier molecular flexibility index (Phi) is 6.49. The molecule has 1 aliphatic heterocycles. The number of nitrogens with zero attached hydrogens (tertiary/aromatic N) is 3. The minimum Gasteiger partial charge on any atom is -0.404 e. The summed E-state index contributed by atoms with van der Waals surface area (Å²) < 4.78 is 7.23. The number of cyclic esters (lactones) is 1. The van der Waals surface area contributed by atoms with Crippen LogP contribution in [-0.2, 0) is 16.0 Å². The third-order valence-electron chi connectivity index (χ3n) is 4.90. The monoisotopic (exact) mass is 421 g/mol. The van der Waals surface area contributed by atoms with Crippen LogP contribution in [0.15, 0.2) is 77.8 Å². The third-order valence-corrected chi connectivity index (χ3v) is 6.02. The zero-order valence-corrected chi connectivity index (χ0v) is 17.4. The van der Waals surface area contributed by atoms with Gasteiger partial charge < -0.3 is 4.74 Å². The van der Waals surface area contributed by atoms with E-state index < -0.39 is 6.09 Å². The maximum atomic E-state index is 12.5. The number of unbranched alkanes of at least 4 members (excludes halogenated alkanes) is 1. The van der Waals surface area contributed by atoms with Crippen molar-refractivity contribution >= 4 is 29.4 Å². The number of allylic oxidation sites excluding steroid dienone is 1. The summed E-state index contributed by atoms with van der Waals surface area (Å²) in [6.07, 6.45) is 7.97. The van der Waals surface area contributed by atoms with Crippen LogP contribution in [0.1, 0.15) is 24.8 Å². The smallest absolute Gasteiger partial charge is 0.404 e. The van der Waals surface area contributed by atoms with Crippen molar-refractivity contribution in [3.63, 3.8) is 0 Å². The number of aromatic nitrogens is 2. The van der Waals surface area contributed by atoms with Crippen molar-refractivity contribution in [2.75, 3.05) is 12.3 Å². The molecule has 154 valence electrons. The summed E-state index contributed by atoms with van der Waals surface area (Å²) in [5.41, 5.74) is 2.11. The van der Waals surface area contributed by atoms with E-state index in [1.165, 1.54) is 10.5 Å². The highest BCUT2D eigenvalue weighted by atomic mass is 32.2. The Bertz CT molecular complexity index is 1060. The number of pyridine rings is 1. The first-order valence-electron chi connectivity index (χ1n) is 10.0. The number of aryl methyl sites for hydroxylation is 1. The minimum absolute atomic E-state index is 0.150. The van der Waals surface area contributed by atoms with E-state index in [2.05, 4.69) is 15.5 Å². The lowest BCUT2D eigenvalue weighted by Gasteiger charge is -2.10. The van der Waals surface area contributed by atoms with E-state index >= 15 is 0 Å². The highest BCUT2D eigenvalue weighted by Crippen LogP contribution is 2.22. The number of thioether (sulfide) groups is 1. The molecule has 0 aliphatic carbocycles. The van der Waals surface area contributed by atoms with Crippen molar-refractivity contribution in [1.82, 2.24) is 14.3 Å². The molecular weight excluding hydrogens is 398 g/mol. The summed E-state index contributed by atoms with van der Waals surface area (Å²) in [6, 6.07) is 16.1. The highest BCUT2D eigenvalue weighted by molar-refractivity contribution is 7.99. The summed E-state index contributed by atoms with van der Waals surface area (Å²) in [5, 5.41) is 1.13. The number of carbonyl (C=O) groups excluding carboxylic acids is 2. The first-order valence-corrected chi connectivity index (χ1v) is 11.0. The van der Waals surface area contributed by atoms with Gasteiger partial charge in [-0.1, -0.05) is 36.4 Å². The van der Waals surface area contributed by atoms with Crippen molar-refractivity contribution in [3.8, 4) is 0 Å². The first-order chi connectivity index (χ1) is 14.7. The maximum Gasteiger partial charge on any atom is 0.422 e. The molecule has 4 rings (SSSR count). The number of ether oxygens (including phenoxy) is 1. The van der Waals surface area contributed by atoms with E-state index in [1.807, 2.05) is 48.7 Å². The third kappa shape index (κ3) is 4.74. The molecule has 3 heterocycles. The van der Waals surface area contributed by atoms with Crippen molar-refractivity contribution in [2.24, 2.45) is 0 Å². The average molecular weight is 422 g/mol. The molecule has 0 bridgehead atoms. The number of imide groups is 1. The van der Waals surface area contributed by atoms with E-state index in [4.69, 9.17) is 4.74 Å². The second kappa shape index (κ2) is 9.63. The van der Waals surface area contributed by atoms with E-state index in [0.717, 1.165) is 35.7 Å². The van der Waals surface area contributed by atoms with Crippen molar-refractivity contribution in [2.45, 2.75) is 30.7 Å². The minimum atomic E-state index is -0.568. The van der Waals surface area contributed by atoms with Gasteiger partial charge in [0.1, 0.15) is 5.65 Å². The number of carbonyl (C=O) groups is 2. The molecule has 0 N–H and O–H groups in total. The van der Waals surface area contributed by atoms with Crippen LogP contribution in [0.2, 0.25) is 0 Å².